The molecule has 0 atom stereocenters. The zero-order chi connectivity index (χ0) is 12.3. The molecule has 0 spiro atoms. The van der Waals surface area contributed by atoms with Gasteiger partial charge < -0.3 is 14.4 Å². The topological polar surface area (TPSA) is 45.5 Å². The number of aromatic nitrogens is 1. The highest BCUT2D eigenvalue weighted by Gasteiger charge is 2.19. The molecule has 17 heavy (non-hydrogen) atoms. The number of rotatable bonds is 3. The van der Waals surface area contributed by atoms with Crippen molar-refractivity contribution >= 4 is 12.2 Å². The first-order valence-electron chi connectivity index (χ1n) is 5.77. The van der Waals surface area contributed by atoms with E-state index < -0.39 is 0 Å². The van der Waals surface area contributed by atoms with Gasteiger partial charge in [-0.05, 0) is 19.2 Å². The molecule has 0 aliphatic carbocycles. The fourth-order valence-electron chi connectivity index (χ4n) is 1.98. The normalized spacial score (nSPS) is 17.1. The summed E-state index contributed by atoms with van der Waals surface area (Å²) in [6, 6.07) is 3.49. The van der Waals surface area contributed by atoms with Gasteiger partial charge in [0.1, 0.15) is 6.54 Å². The smallest absolute Gasteiger partial charge is 0.242 e. The predicted molar refractivity (Wildman–Crippen MR) is 63.9 cm³/mol. The van der Waals surface area contributed by atoms with Gasteiger partial charge in [-0.3, -0.25) is 9.59 Å². The molecule has 2 rings (SSSR count). The van der Waals surface area contributed by atoms with Crippen molar-refractivity contribution in [1.82, 2.24) is 14.4 Å². The van der Waals surface area contributed by atoms with Gasteiger partial charge in [0, 0.05) is 32.4 Å². The van der Waals surface area contributed by atoms with Crippen LogP contribution in [-0.4, -0.2) is 59.8 Å². The predicted octanol–water partition coefficient (Wildman–Crippen LogP) is 0.0746. The van der Waals surface area contributed by atoms with Crippen molar-refractivity contribution in [3.63, 3.8) is 0 Å². The van der Waals surface area contributed by atoms with Crippen molar-refractivity contribution in [2.75, 3.05) is 33.2 Å². The van der Waals surface area contributed by atoms with Gasteiger partial charge in [0.15, 0.2) is 6.29 Å². The van der Waals surface area contributed by atoms with Crippen molar-refractivity contribution in [2.24, 2.45) is 0 Å². The van der Waals surface area contributed by atoms with Gasteiger partial charge in [-0.1, -0.05) is 0 Å². The van der Waals surface area contributed by atoms with Gasteiger partial charge in [-0.15, -0.1) is 0 Å². The number of hydrogen-bond acceptors (Lipinski definition) is 3. The fourth-order valence-corrected chi connectivity index (χ4v) is 1.98. The summed E-state index contributed by atoms with van der Waals surface area (Å²) in [7, 11) is 2.05. The Hall–Kier alpha value is -1.62. The van der Waals surface area contributed by atoms with E-state index in [9.17, 15) is 9.59 Å². The van der Waals surface area contributed by atoms with Crippen LogP contribution < -0.4 is 0 Å². The lowest BCUT2D eigenvalue weighted by Crippen LogP contribution is -2.48. The molecule has 1 aromatic heterocycles. The van der Waals surface area contributed by atoms with E-state index in [-0.39, 0.29) is 12.5 Å². The number of carbonyl (C=O) groups excluding carboxylic acids is 2. The third-order valence-corrected chi connectivity index (χ3v) is 3.15. The highest BCUT2D eigenvalue weighted by molar-refractivity contribution is 5.78. The third-order valence-electron chi connectivity index (χ3n) is 3.15. The van der Waals surface area contributed by atoms with E-state index in [0.29, 0.717) is 5.69 Å². The number of likely N-dealkylation sites (N-methyl/N-ethyl adjacent to an activating group) is 1. The maximum absolute atomic E-state index is 12.0. The quantitative estimate of drug-likeness (QED) is 0.697. The van der Waals surface area contributed by atoms with Crippen LogP contribution in [0.25, 0.3) is 0 Å². The number of nitrogens with zero attached hydrogens (tertiary/aromatic N) is 3. The van der Waals surface area contributed by atoms with Crippen LogP contribution in [0, 0.1) is 0 Å². The number of carbonyl (C=O) groups is 2. The number of aldehydes is 1. The molecule has 0 N–H and O–H groups in total. The van der Waals surface area contributed by atoms with Crippen LogP contribution in [0.1, 0.15) is 10.5 Å². The average molecular weight is 235 g/mol. The highest BCUT2D eigenvalue weighted by atomic mass is 16.2. The van der Waals surface area contributed by atoms with Crippen LogP contribution >= 0.6 is 0 Å². The molecule has 1 aliphatic heterocycles. The Labute approximate surface area is 101 Å². The summed E-state index contributed by atoms with van der Waals surface area (Å²) in [5.74, 6) is 0.0809. The molecule has 2 heterocycles. The molecule has 1 aliphatic rings. The van der Waals surface area contributed by atoms with Crippen molar-refractivity contribution in [3.8, 4) is 0 Å². The molecule has 1 saturated heterocycles. The molecule has 0 bridgehead atoms. The van der Waals surface area contributed by atoms with Gasteiger partial charge in [0.05, 0.1) is 5.69 Å². The Kier molecular flexibility index (Phi) is 3.58. The van der Waals surface area contributed by atoms with Crippen molar-refractivity contribution in [1.29, 1.82) is 0 Å². The summed E-state index contributed by atoms with van der Waals surface area (Å²) >= 11 is 0. The minimum Gasteiger partial charge on any atom is -0.339 e. The Morgan fingerprint density at radius 2 is 2.06 bits per heavy atom. The van der Waals surface area contributed by atoms with E-state index in [0.717, 1.165) is 32.5 Å². The number of piperazine rings is 1. The lowest BCUT2D eigenvalue weighted by atomic mass is 10.3. The lowest BCUT2D eigenvalue weighted by Gasteiger charge is -2.32. The summed E-state index contributed by atoms with van der Waals surface area (Å²) < 4.78 is 1.69. The second kappa shape index (κ2) is 5.14. The Bertz CT molecular complexity index is 406. The minimum atomic E-state index is 0.0809. The largest absolute Gasteiger partial charge is 0.339 e. The van der Waals surface area contributed by atoms with Crippen molar-refractivity contribution in [3.05, 3.63) is 24.0 Å². The second-order valence-electron chi connectivity index (χ2n) is 4.36. The zero-order valence-corrected chi connectivity index (χ0v) is 10.0. The SMILES string of the molecule is CN1CCN(C(=O)Cn2cccc2C=O)CC1. The maximum atomic E-state index is 12.0. The van der Waals surface area contributed by atoms with Gasteiger partial charge >= 0.3 is 0 Å². The molecular formula is C12H17N3O2. The third kappa shape index (κ3) is 2.74. The number of amides is 1. The Balaban J connectivity index is 1.95. The van der Waals surface area contributed by atoms with E-state index in [1.165, 1.54) is 0 Å². The first-order valence-corrected chi connectivity index (χ1v) is 5.77. The average Bonchev–Trinajstić information content (AvgIpc) is 2.77. The molecule has 1 fully saturated rings. The van der Waals surface area contributed by atoms with Crippen LogP contribution in [0.15, 0.2) is 18.3 Å². The summed E-state index contributed by atoms with van der Waals surface area (Å²) in [5, 5.41) is 0. The van der Waals surface area contributed by atoms with Crippen molar-refractivity contribution in [2.45, 2.75) is 6.54 Å². The van der Waals surface area contributed by atoms with E-state index in [2.05, 4.69) is 11.9 Å². The van der Waals surface area contributed by atoms with E-state index in [1.807, 2.05) is 4.90 Å². The molecule has 0 saturated carbocycles. The van der Waals surface area contributed by atoms with Crippen LogP contribution in [0.3, 0.4) is 0 Å². The molecule has 0 unspecified atom stereocenters. The van der Waals surface area contributed by atoms with Gasteiger partial charge in [-0.2, -0.15) is 0 Å². The summed E-state index contributed by atoms with van der Waals surface area (Å²) in [5.41, 5.74) is 0.549. The molecule has 5 heteroatoms. The minimum absolute atomic E-state index is 0.0809. The molecule has 5 nitrogen and oxygen atoms in total. The highest BCUT2D eigenvalue weighted by Crippen LogP contribution is 2.04. The monoisotopic (exact) mass is 235 g/mol. The number of hydrogen-bond donors (Lipinski definition) is 0. The van der Waals surface area contributed by atoms with Gasteiger partial charge in [0.25, 0.3) is 0 Å². The van der Waals surface area contributed by atoms with Crippen LogP contribution in [0.4, 0.5) is 0 Å². The summed E-state index contributed by atoms with van der Waals surface area (Å²) in [6.07, 6.45) is 2.54. The first-order chi connectivity index (χ1) is 8.20. The second-order valence-corrected chi connectivity index (χ2v) is 4.36. The molecular weight excluding hydrogens is 218 g/mol. The van der Waals surface area contributed by atoms with Crippen molar-refractivity contribution < 1.29 is 9.59 Å². The zero-order valence-electron chi connectivity index (χ0n) is 10.0. The van der Waals surface area contributed by atoms with E-state index in [4.69, 9.17) is 0 Å². The molecule has 0 radical (unpaired) electrons. The molecule has 92 valence electrons. The van der Waals surface area contributed by atoms with Gasteiger partial charge in [-0.25, -0.2) is 0 Å². The van der Waals surface area contributed by atoms with Crippen LogP contribution in [0.2, 0.25) is 0 Å². The molecule has 1 aromatic rings. The summed E-state index contributed by atoms with van der Waals surface area (Å²) in [4.78, 5) is 26.8. The maximum Gasteiger partial charge on any atom is 0.242 e. The lowest BCUT2D eigenvalue weighted by molar-refractivity contribution is -0.133. The fraction of sp³-hybridized carbons (Fsp3) is 0.500. The van der Waals surface area contributed by atoms with Gasteiger partial charge in [0.2, 0.25) is 5.91 Å². The molecule has 1 amide bonds. The van der Waals surface area contributed by atoms with E-state index in [1.54, 1.807) is 22.9 Å². The molecule has 0 aromatic carbocycles. The van der Waals surface area contributed by atoms with Crippen LogP contribution in [0.5, 0.6) is 0 Å². The van der Waals surface area contributed by atoms with E-state index >= 15 is 0 Å². The summed E-state index contributed by atoms with van der Waals surface area (Å²) in [6.45, 7) is 3.63. The Morgan fingerprint density at radius 1 is 1.35 bits per heavy atom. The van der Waals surface area contributed by atoms with Crippen LogP contribution in [-0.2, 0) is 11.3 Å². The first kappa shape index (κ1) is 11.9. The Morgan fingerprint density at radius 3 is 2.71 bits per heavy atom. The standard InChI is InChI=1S/C12H17N3O2/c1-13-5-7-14(8-6-13)12(17)9-15-4-2-3-11(15)10-16/h2-4,10H,5-9H2,1H3.